The van der Waals surface area contributed by atoms with Crippen molar-refractivity contribution in [1.82, 2.24) is 14.9 Å². The van der Waals surface area contributed by atoms with E-state index in [9.17, 15) is 4.79 Å². The van der Waals surface area contributed by atoms with Crippen LogP contribution in [0.25, 0.3) is 0 Å². The molecule has 5 nitrogen and oxygen atoms in total. The molecule has 206 valence electrons. The van der Waals surface area contributed by atoms with Crippen LogP contribution in [0, 0.1) is 5.92 Å². The van der Waals surface area contributed by atoms with Crippen LogP contribution < -0.4 is 4.74 Å². The van der Waals surface area contributed by atoms with Gasteiger partial charge in [-0.15, -0.1) is 0 Å². The van der Waals surface area contributed by atoms with Gasteiger partial charge in [0.2, 0.25) is 5.91 Å². The third-order valence-corrected chi connectivity index (χ3v) is 9.37. The average Bonchev–Trinajstić information content (AvgIpc) is 3.45. The number of benzene rings is 1. The van der Waals surface area contributed by atoms with Crippen molar-refractivity contribution >= 4 is 33.2 Å². The van der Waals surface area contributed by atoms with Crippen molar-refractivity contribution in [2.24, 2.45) is 5.92 Å². The minimum absolute atomic E-state index is 0.128. The molecular weight excluding hydrogens is 503 g/mol. The van der Waals surface area contributed by atoms with E-state index in [1.54, 1.807) is 6.07 Å². The molecule has 1 aromatic heterocycles. The first-order valence-corrected chi connectivity index (χ1v) is 15.2. The van der Waals surface area contributed by atoms with Crippen LogP contribution in [-0.4, -0.2) is 56.2 Å². The smallest absolute Gasteiger partial charge is 0.227 e. The highest BCUT2D eigenvalue weighted by Crippen LogP contribution is 2.79. The highest BCUT2D eigenvalue weighted by molar-refractivity contribution is 6.32. The lowest BCUT2D eigenvalue weighted by atomic mass is 9.58. The summed E-state index contributed by atoms with van der Waals surface area (Å²) >= 11 is 6.47. The van der Waals surface area contributed by atoms with Gasteiger partial charge in [0, 0.05) is 36.4 Å². The van der Waals surface area contributed by atoms with Gasteiger partial charge in [-0.3, -0.25) is 4.79 Å². The quantitative estimate of drug-likeness (QED) is 0.234. The van der Waals surface area contributed by atoms with Crippen LogP contribution in [-0.2, 0) is 17.6 Å². The Kier molecular flexibility index (Phi) is 10.1. The number of hydrogen-bond acceptors (Lipinski definition) is 4. The minimum atomic E-state index is -0.429. The number of rotatable bonds is 15. The second kappa shape index (κ2) is 13.1. The van der Waals surface area contributed by atoms with Crippen LogP contribution in [0.15, 0.2) is 30.6 Å². The first-order valence-electron chi connectivity index (χ1n) is 14.8. The number of nitrogens with zero attached hydrogens (tertiary/aromatic N) is 3. The van der Waals surface area contributed by atoms with Crippen molar-refractivity contribution in [2.45, 2.75) is 102 Å². The zero-order chi connectivity index (χ0) is 28.0. The number of likely N-dealkylation sites (tertiary alicyclic amines) is 1. The number of ether oxygens (including phenoxy) is 1. The molecule has 2 heterocycles. The number of hydrogen-bond donors (Lipinski definition) is 0. The predicted octanol–water partition coefficient (Wildman–Crippen LogP) is 6.68. The number of carbonyl (C=O) groups excluding carboxylic acids is 1. The molecule has 4 atom stereocenters. The van der Waals surface area contributed by atoms with Crippen molar-refractivity contribution < 1.29 is 9.53 Å². The van der Waals surface area contributed by atoms with E-state index in [4.69, 9.17) is 32.0 Å². The number of aryl methyl sites for hydroxylation is 1. The molecule has 1 aromatic carbocycles. The van der Waals surface area contributed by atoms with Gasteiger partial charge in [-0.25, -0.2) is 9.97 Å². The Hall–Kier alpha value is -2.01. The maximum absolute atomic E-state index is 12.3. The molecule has 1 aliphatic heterocycles. The Morgan fingerprint density at radius 1 is 1.13 bits per heavy atom. The first-order chi connectivity index (χ1) is 18.7. The van der Waals surface area contributed by atoms with E-state index in [2.05, 4.69) is 30.7 Å². The third kappa shape index (κ3) is 7.01. The van der Waals surface area contributed by atoms with Gasteiger partial charge < -0.3 is 9.64 Å². The van der Waals surface area contributed by atoms with E-state index in [1.807, 2.05) is 29.4 Å². The predicted molar refractivity (Wildman–Crippen MR) is 160 cm³/mol. The zero-order valence-electron chi connectivity index (χ0n) is 23.9. The van der Waals surface area contributed by atoms with E-state index in [0.29, 0.717) is 42.1 Å². The second-order valence-corrected chi connectivity index (χ2v) is 12.0. The molecule has 0 spiro atoms. The summed E-state index contributed by atoms with van der Waals surface area (Å²) in [5.74, 6) is 2.45. The Bertz CT molecular complexity index is 1110. The maximum atomic E-state index is 12.3. The van der Waals surface area contributed by atoms with Crippen LogP contribution in [0.4, 0.5) is 0 Å². The van der Waals surface area contributed by atoms with Crippen LogP contribution in [0.5, 0.6) is 5.75 Å². The summed E-state index contributed by atoms with van der Waals surface area (Å²) < 4.78 is 6.04. The molecule has 1 saturated heterocycles. The largest absolute Gasteiger partial charge is 0.494 e. The van der Waals surface area contributed by atoms with E-state index < -0.39 is 5.31 Å². The lowest BCUT2D eigenvalue weighted by Crippen LogP contribution is -2.42. The van der Waals surface area contributed by atoms with Crippen molar-refractivity contribution in [3.63, 3.8) is 0 Å². The van der Waals surface area contributed by atoms with Crippen molar-refractivity contribution in [3.05, 3.63) is 52.6 Å². The summed E-state index contributed by atoms with van der Waals surface area (Å²) in [6, 6.07) is 5.57. The van der Waals surface area contributed by atoms with Gasteiger partial charge >= 0.3 is 0 Å². The van der Waals surface area contributed by atoms with Crippen molar-refractivity contribution in [2.75, 3.05) is 19.7 Å². The third-order valence-electron chi connectivity index (χ3n) is 9.02. The summed E-state index contributed by atoms with van der Waals surface area (Å²) in [6.45, 7) is 8.72. The molecule has 1 amide bonds. The molecule has 4 radical (unpaired) electrons. The lowest BCUT2D eigenvalue weighted by molar-refractivity contribution is -0.133. The first kappa shape index (κ1) is 30.0. The Labute approximate surface area is 242 Å². The summed E-state index contributed by atoms with van der Waals surface area (Å²) in [6.07, 6.45) is 13.0. The Balaban J connectivity index is 1.29. The Morgan fingerprint density at radius 3 is 2.46 bits per heavy atom. The molecular formula is C31H42B2ClN3O2. The van der Waals surface area contributed by atoms with Crippen molar-refractivity contribution in [3.8, 4) is 5.75 Å². The Morgan fingerprint density at radius 2 is 1.87 bits per heavy atom. The summed E-state index contributed by atoms with van der Waals surface area (Å²) in [4.78, 5) is 23.4. The van der Waals surface area contributed by atoms with Gasteiger partial charge in [-0.2, -0.15) is 0 Å². The second-order valence-electron chi connectivity index (χ2n) is 11.6. The minimum Gasteiger partial charge on any atom is -0.494 e. The normalized spacial score (nSPS) is 23.6. The lowest BCUT2D eigenvalue weighted by Gasteiger charge is -2.31. The van der Waals surface area contributed by atoms with E-state index in [1.165, 1.54) is 5.56 Å². The molecule has 1 saturated carbocycles. The number of carbonyl (C=O) groups is 1. The summed E-state index contributed by atoms with van der Waals surface area (Å²) in [7, 11) is 13.9. The highest BCUT2D eigenvalue weighted by Gasteiger charge is 2.61. The number of aromatic nitrogens is 2. The van der Waals surface area contributed by atoms with Crippen LogP contribution >= 0.6 is 11.6 Å². The highest BCUT2D eigenvalue weighted by atomic mass is 35.5. The van der Waals surface area contributed by atoms with E-state index in [0.717, 1.165) is 75.8 Å². The average molecular weight is 546 g/mol. The maximum Gasteiger partial charge on any atom is 0.227 e. The SMILES string of the molecule is [B]C1(CCOc2ccc(CC(=O)N3CCC3)c(Cl)c2)CC1([B])C(CCC)CCC(CC)c1ncc(CC)cn1. The van der Waals surface area contributed by atoms with Gasteiger partial charge in [0.05, 0.1) is 28.7 Å². The topological polar surface area (TPSA) is 55.3 Å². The zero-order valence-corrected chi connectivity index (χ0v) is 24.7. The molecule has 2 aliphatic rings. The standard InChI is InChI=1S/C31H42B2ClN3O2/c1-4-8-25(11-9-23(6-3)29-35-19-22(5-2)20-36-29)31(33)21-30(31,32)13-16-39-26-12-10-24(27(34)18-26)17-28(38)37-14-7-15-37/h10,12,18-20,23,25H,4-9,11,13-17,21H2,1-3H3. The molecule has 8 heteroatoms. The van der Waals surface area contributed by atoms with Gasteiger partial charge in [-0.1, -0.05) is 68.3 Å². The monoisotopic (exact) mass is 545 g/mol. The molecule has 0 N–H and O–H groups in total. The number of halogens is 1. The van der Waals surface area contributed by atoms with E-state index >= 15 is 0 Å². The molecule has 4 unspecified atom stereocenters. The van der Waals surface area contributed by atoms with Gasteiger partial charge in [0.15, 0.2) is 0 Å². The molecule has 0 bridgehead atoms. The van der Waals surface area contributed by atoms with Crippen LogP contribution in [0.2, 0.25) is 15.7 Å². The molecule has 1 aliphatic carbocycles. The van der Waals surface area contributed by atoms with Crippen LogP contribution in [0.3, 0.4) is 0 Å². The van der Waals surface area contributed by atoms with Gasteiger partial charge in [0.25, 0.3) is 0 Å². The van der Waals surface area contributed by atoms with Crippen molar-refractivity contribution in [1.29, 1.82) is 0 Å². The molecule has 4 rings (SSSR count). The fourth-order valence-corrected chi connectivity index (χ4v) is 6.22. The fraction of sp³-hybridized carbons (Fsp3) is 0.645. The van der Waals surface area contributed by atoms with Gasteiger partial charge in [0.1, 0.15) is 11.6 Å². The molecule has 2 fully saturated rings. The molecule has 39 heavy (non-hydrogen) atoms. The molecule has 2 aromatic rings. The summed E-state index contributed by atoms with van der Waals surface area (Å²) in [5, 5.41) is -0.248. The van der Waals surface area contributed by atoms with Gasteiger partial charge in [-0.05, 0) is 67.7 Å². The van der Waals surface area contributed by atoms with Crippen LogP contribution in [0.1, 0.15) is 95.0 Å². The number of amides is 1. The van der Waals surface area contributed by atoms with E-state index in [-0.39, 0.29) is 11.2 Å². The fourth-order valence-electron chi connectivity index (χ4n) is 5.99. The summed E-state index contributed by atoms with van der Waals surface area (Å²) in [5.41, 5.74) is 2.00.